The number of rotatable bonds is 10. The second kappa shape index (κ2) is 7.03. The third-order valence-electron chi connectivity index (χ3n) is 4.14. The van der Waals surface area contributed by atoms with Crippen LogP contribution in [-0.4, -0.2) is 62.4 Å². The van der Waals surface area contributed by atoms with E-state index >= 15 is 0 Å². The summed E-state index contributed by atoms with van der Waals surface area (Å²) >= 11 is 0. The van der Waals surface area contributed by atoms with Crippen LogP contribution in [0.4, 0.5) is 0 Å². The first kappa shape index (κ1) is 16.4. The van der Waals surface area contributed by atoms with Gasteiger partial charge in [-0.25, -0.2) is 4.79 Å². The van der Waals surface area contributed by atoms with Gasteiger partial charge in [-0.05, 0) is 17.7 Å². The second-order valence-corrected chi connectivity index (χ2v) is 6.32. The fourth-order valence-electron chi connectivity index (χ4n) is 2.52. The first-order valence-corrected chi connectivity index (χ1v) is 8.36. The Bertz CT molecular complexity index is 672. The van der Waals surface area contributed by atoms with Crippen LogP contribution in [0, 0.1) is 0 Å². The van der Waals surface area contributed by atoms with E-state index in [0.29, 0.717) is 51.0 Å². The Hall–Kier alpha value is -2.09. The number of epoxide rings is 3. The molecule has 1 aromatic rings. The van der Waals surface area contributed by atoms with Gasteiger partial charge in [-0.15, -0.1) is 0 Å². The van der Waals surface area contributed by atoms with Gasteiger partial charge in [0.25, 0.3) is 0 Å². The zero-order valence-electron chi connectivity index (χ0n) is 13.7. The molecule has 3 saturated heterocycles. The molecule has 1 N–H and O–H groups in total. The van der Waals surface area contributed by atoms with Gasteiger partial charge in [0.1, 0.15) is 25.4 Å². The van der Waals surface area contributed by atoms with Crippen molar-refractivity contribution in [2.75, 3.05) is 33.0 Å². The van der Waals surface area contributed by atoms with Crippen molar-refractivity contribution < 1.29 is 33.6 Å². The molecular weight excluding hydrogens is 328 g/mol. The molecular formula is C18H20O7. The highest BCUT2D eigenvalue weighted by Gasteiger charge is 2.30. The Labute approximate surface area is 145 Å². The Kier molecular flexibility index (Phi) is 4.61. The van der Waals surface area contributed by atoms with Gasteiger partial charge in [0.15, 0.2) is 11.5 Å². The molecule has 7 nitrogen and oxygen atoms in total. The number of hydrogen-bond acceptors (Lipinski definition) is 6. The topological polar surface area (TPSA) is 93.4 Å². The molecule has 3 atom stereocenters. The van der Waals surface area contributed by atoms with Crippen molar-refractivity contribution >= 4 is 12.0 Å². The Morgan fingerprint density at radius 2 is 1.72 bits per heavy atom. The van der Waals surface area contributed by atoms with E-state index < -0.39 is 5.97 Å². The van der Waals surface area contributed by atoms with Crippen LogP contribution in [0.1, 0.15) is 11.1 Å². The average molecular weight is 348 g/mol. The summed E-state index contributed by atoms with van der Waals surface area (Å²) in [4.78, 5) is 10.9. The molecule has 7 heteroatoms. The third kappa shape index (κ3) is 4.72. The van der Waals surface area contributed by atoms with E-state index in [1.54, 1.807) is 6.08 Å². The number of aliphatic carboxylic acids is 1. The van der Waals surface area contributed by atoms with Gasteiger partial charge in [-0.1, -0.05) is 6.07 Å². The summed E-state index contributed by atoms with van der Waals surface area (Å²) in [6, 6.07) is 3.66. The maximum atomic E-state index is 10.9. The van der Waals surface area contributed by atoms with Crippen LogP contribution in [0.15, 0.2) is 18.2 Å². The number of ether oxygens (including phenoxy) is 5. The number of benzene rings is 1. The number of carboxylic acids is 1. The molecule has 0 saturated carbocycles. The maximum Gasteiger partial charge on any atom is 0.328 e. The summed E-state index contributed by atoms with van der Waals surface area (Å²) in [6.45, 7) is 3.04. The lowest BCUT2D eigenvalue weighted by atomic mass is 10.0. The van der Waals surface area contributed by atoms with E-state index in [9.17, 15) is 4.79 Å². The zero-order chi connectivity index (χ0) is 17.2. The normalized spacial score (nSPS) is 26.5. The van der Waals surface area contributed by atoms with Crippen LogP contribution in [0.2, 0.25) is 0 Å². The van der Waals surface area contributed by atoms with Crippen molar-refractivity contribution in [2.45, 2.75) is 24.7 Å². The van der Waals surface area contributed by atoms with E-state index in [-0.39, 0.29) is 18.3 Å². The third-order valence-corrected chi connectivity index (χ3v) is 4.14. The molecule has 1 aromatic carbocycles. The van der Waals surface area contributed by atoms with Gasteiger partial charge in [0.2, 0.25) is 0 Å². The van der Waals surface area contributed by atoms with Gasteiger partial charge in [0.05, 0.1) is 25.9 Å². The van der Waals surface area contributed by atoms with Gasteiger partial charge < -0.3 is 28.8 Å². The average Bonchev–Trinajstić information content (AvgIpc) is 3.45. The largest absolute Gasteiger partial charge is 0.487 e. The van der Waals surface area contributed by atoms with Gasteiger partial charge >= 0.3 is 5.97 Å². The SMILES string of the molecule is O=C(O)C=Cc1ccc(OCC2CO2)c(OCC2CO2)c1CC1CO1. The molecule has 0 spiro atoms. The molecule has 0 amide bonds. The quantitative estimate of drug-likeness (QED) is 0.503. The fraction of sp³-hybridized carbons (Fsp3) is 0.500. The Morgan fingerprint density at radius 3 is 2.32 bits per heavy atom. The van der Waals surface area contributed by atoms with Gasteiger partial charge in [-0.2, -0.15) is 0 Å². The molecule has 0 aromatic heterocycles. The summed E-state index contributed by atoms with van der Waals surface area (Å²) in [7, 11) is 0. The summed E-state index contributed by atoms with van der Waals surface area (Å²) in [5, 5.41) is 8.92. The predicted octanol–water partition coefficient (Wildman–Crippen LogP) is 1.28. The van der Waals surface area contributed by atoms with Crippen LogP contribution in [0.3, 0.4) is 0 Å². The van der Waals surface area contributed by atoms with E-state index in [1.165, 1.54) is 0 Å². The highest BCUT2D eigenvalue weighted by molar-refractivity contribution is 5.86. The minimum atomic E-state index is -0.992. The lowest BCUT2D eigenvalue weighted by molar-refractivity contribution is -0.131. The Balaban J connectivity index is 1.62. The molecule has 3 aliphatic rings. The van der Waals surface area contributed by atoms with E-state index in [4.69, 9.17) is 28.8 Å². The highest BCUT2D eigenvalue weighted by atomic mass is 16.6. The zero-order valence-corrected chi connectivity index (χ0v) is 13.7. The standard InChI is InChI=1S/C18H20O7/c19-17(20)4-2-11-1-3-16(24-9-13-7-22-13)18(25-10-14-8-23-14)15(11)5-12-6-21-12/h1-4,12-14H,5-10H2,(H,19,20). The lowest BCUT2D eigenvalue weighted by Gasteiger charge is -2.18. The van der Waals surface area contributed by atoms with E-state index in [0.717, 1.165) is 17.2 Å². The molecule has 134 valence electrons. The van der Waals surface area contributed by atoms with Crippen LogP contribution in [-0.2, 0) is 25.4 Å². The molecule has 0 aliphatic carbocycles. The maximum absolute atomic E-state index is 10.9. The van der Waals surface area contributed by atoms with Crippen LogP contribution >= 0.6 is 0 Å². The van der Waals surface area contributed by atoms with E-state index in [2.05, 4.69) is 0 Å². The summed E-state index contributed by atoms with van der Waals surface area (Å²) in [6.07, 6.45) is 3.74. The van der Waals surface area contributed by atoms with Crippen molar-refractivity contribution in [3.05, 3.63) is 29.3 Å². The van der Waals surface area contributed by atoms with Crippen molar-refractivity contribution in [2.24, 2.45) is 0 Å². The minimum Gasteiger partial charge on any atom is -0.487 e. The van der Waals surface area contributed by atoms with Crippen molar-refractivity contribution in [1.29, 1.82) is 0 Å². The smallest absolute Gasteiger partial charge is 0.328 e. The second-order valence-electron chi connectivity index (χ2n) is 6.32. The molecule has 4 rings (SSSR count). The summed E-state index contributed by atoms with van der Waals surface area (Å²) in [5.74, 6) is 0.284. The van der Waals surface area contributed by atoms with Crippen molar-refractivity contribution in [1.82, 2.24) is 0 Å². The summed E-state index contributed by atoms with van der Waals surface area (Å²) < 4.78 is 27.6. The van der Waals surface area contributed by atoms with Crippen LogP contribution < -0.4 is 9.47 Å². The molecule has 3 aliphatic heterocycles. The predicted molar refractivity (Wildman–Crippen MR) is 87.0 cm³/mol. The first-order valence-electron chi connectivity index (χ1n) is 8.36. The van der Waals surface area contributed by atoms with Gasteiger partial charge in [0, 0.05) is 18.1 Å². The summed E-state index contributed by atoms with van der Waals surface area (Å²) in [5.41, 5.74) is 1.69. The lowest BCUT2D eigenvalue weighted by Crippen LogP contribution is -2.12. The van der Waals surface area contributed by atoms with Crippen LogP contribution in [0.5, 0.6) is 11.5 Å². The fourth-order valence-corrected chi connectivity index (χ4v) is 2.52. The molecule has 3 fully saturated rings. The van der Waals surface area contributed by atoms with Crippen LogP contribution in [0.25, 0.3) is 6.08 Å². The van der Waals surface area contributed by atoms with E-state index in [1.807, 2.05) is 12.1 Å². The number of carboxylic acid groups (broad SMARTS) is 1. The molecule has 0 bridgehead atoms. The molecule has 3 heterocycles. The van der Waals surface area contributed by atoms with Crippen molar-refractivity contribution in [3.63, 3.8) is 0 Å². The molecule has 25 heavy (non-hydrogen) atoms. The van der Waals surface area contributed by atoms with Gasteiger partial charge in [-0.3, -0.25) is 0 Å². The number of hydrogen-bond donors (Lipinski definition) is 1. The highest BCUT2D eigenvalue weighted by Crippen LogP contribution is 2.38. The Morgan fingerprint density at radius 1 is 1.08 bits per heavy atom. The number of carbonyl (C=O) groups is 1. The van der Waals surface area contributed by atoms with Crippen molar-refractivity contribution in [3.8, 4) is 11.5 Å². The first-order chi connectivity index (χ1) is 12.2. The molecule has 0 radical (unpaired) electrons. The monoisotopic (exact) mass is 348 g/mol. The molecule has 3 unspecified atom stereocenters. The minimum absolute atomic E-state index is 0.114.